The zero-order valence-corrected chi connectivity index (χ0v) is 7.14. The molecule has 1 rings (SSSR count). The van der Waals surface area contributed by atoms with Crippen LogP contribution in [-0.2, 0) is 9.53 Å². The van der Waals surface area contributed by atoms with Gasteiger partial charge >= 0.3 is 0 Å². The fourth-order valence-electron chi connectivity index (χ4n) is 1.65. The van der Waals surface area contributed by atoms with E-state index in [2.05, 4.69) is 0 Å². The van der Waals surface area contributed by atoms with Crippen LogP contribution in [0.3, 0.4) is 0 Å². The minimum atomic E-state index is 0.451. The summed E-state index contributed by atoms with van der Waals surface area (Å²) in [6.45, 7) is 0.838. The van der Waals surface area contributed by atoms with Crippen molar-refractivity contribution in [3.8, 4) is 0 Å². The summed E-state index contributed by atoms with van der Waals surface area (Å²) in [5, 5.41) is 0. The zero-order valence-electron chi connectivity index (χ0n) is 7.14. The summed E-state index contributed by atoms with van der Waals surface area (Å²) in [4.78, 5) is 10.9. The van der Waals surface area contributed by atoms with Crippen molar-refractivity contribution in [1.29, 1.82) is 0 Å². The van der Waals surface area contributed by atoms with Crippen molar-refractivity contribution in [1.82, 2.24) is 0 Å². The third kappa shape index (κ3) is 3.02. The lowest BCUT2D eigenvalue weighted by Gasteiger charge is -2.05. The molecule has 0 aliphatic heterocycles. The van der Waals surface area contributed by atoms with Gasteiger partial charge in [0.2, 0.25) is 0 Å². The highest BCUT2D eigenvalue weighted by Crippen LogP contribution is 2.25. The maximum absolute atomic E-state index is 10.9. The Balaban J connectivity index is 2.04. The molecule has 64 valence electrons. The molecule has 2 heteroatoms. The first-order chi connectivity index (χ1) is 5.33. The first-order valence-corrected chi connectivity index (χ1v) is 4.33. The summed E-state index contributed by atoms with van der Waals surface area (Å²) in [5.41, 5.74) is 0. The van der Waals surface area contributed by atoms with Crippen LogP contribution >= 0.6 is 0 Å². The van der Waals surface area contributed by atoms with Gasteiger partial charge in [0.05, 0.1) is 0 Å². The molecule has 1 saturated carbocycles. The second kappa shape index (κ2) is 4.50. The number of hydrogen-bond acceptors (Lipinski definition) is 2. The summed E-state index contributed by atoms with van der Waals surface area (Å²) in [6, 6.07) is 0. The van der Waals surface area contributed by atoms with Gasteiger partial charge in [0.15, 0.2) is 0 Å². The lowest BCUT2D eigenvalue weighted by atomic mass is 10.0. The molecule has 0 aromatic heterocycles. The number of rotatable bonds is 4. The van der Waals surface area contributed by atoms with Crippen LogP contribution in [-0.4, -0.2) is 19.5 Å². The van der Waals surface area contributed by atoms with E-state index < -0.39 is 0 Å². The molecule has 1 aliphatic rings. The molecular formula is C9H16O2. The van der Waals surface area contributed by atoms with Crippen molar-refractivity contribution >= 4 is 5.78 Å². The van der Waals surface area contributed by atoms with Crippen LogP contribution in [0.5, 0.6) is 0 Å². The molecule has 0 radical (unpaired) electrons. The van der Waals surface area contributed by atoms with Crippen molar-refractivity contribution in [3.05, 3.63) is 0 Å². The number of carbonyl (C=O) groups is 1. The van der Waals surface area contributed by atoms with Crippen LogP contribution in [0.25, 0.3) is 0 Å². The van der Waals surface area contributed by atoms with E-state index >= 15 is 0 Å². The van der Waals surface area contributed by atoms with Crippen LogP contribution in [0, 0.1) is 5.92 Å². The number of Topliss-reactive ketones (excluding diaryl/α,β-unsaturated/α-hetero) is 1. The van der Waals surface area contributed by atoms with Crippen molar-refractivity contribution in [2.24, 2.45) is 5.92 Å². The highest BCUT2D eigenvalue weighted by molar-refractivity contribution is 5.80. The first-order valence-electron chi connectivity index (χ1n) is 4.33. The van der Waals surface area contributed by atoms with Gasteiger partial charge in [-0.25, -0.2) is 0 Å². The van der Waals surface area contributed by atoms with Gasteiger partial charge < -0.3 is 4.74 Å². The Morgan fingerprint density at radius 1 is 1.64 bits per heavy atom. The molecule has 0 bridgehead atoms. The van der Waals surface area contributed by atoms with E-state index in [0.717, 1.165) is 32.3 Å². The quantitative estimate of drug-likeness (QED) is 0.580. The summed E-state index contributed by atoms with van der Waals surface area (Å²) < 4.78 is 4.94. The van der Waals surface area contributed by atoms with Crippen LogP contribution in [0.4, 0.5) is 0 Å². The molecule has 1 aliphatic carbocycles. The number of methoxy groups -OCH3 is 1. The third-order valence-corrected chi connectivity index (χ3v) is 2.31. The largest absolute Gasteiger partial charge is 0.385 e. The van der Waals surface area contributed by atoms with E-state index in [-0.39, 0.29) is 0 Å². The lowest BCUT2D eigenvalue weighted by Crippen LogP contribution is -1.98. The van der Waals surface area contributed by atoms with Gasteiger partial charge in [-0.3, -0.25) is 4.79 Å². The van der Waals surface area contributed by atoms with Crippen LogP contribution in [0.2, 0.25) is 0 Å². The maximum atomic E-state index is 10.9. The number of ketones is 1. The molecule has 0 heterocycles. The topological polar surface area (TPSA) is 26.3 Å². The number of ether oxygens (including phenoxy) is 1. The van der Waals surface area contributed by atoms with E-state index in [9.17, 15) is 4.79 Å². The molecule has 0 saturated heterocycles. The van der Waals surface area contributed by atoms with E-state index in [1.54, 1.807) is 7.11 Å². The molecule has 0 N–H and O–H groups in total. The molecule has 11 heavy (non-hydrogen) atoms. The second-order valence-electron chi connectivity index (χ2n) is 3.28. The van der Waals surface area contributed by atoms with Crippen LogP contribution < -0.4 is 0 Å². The maximum Gasteiger partial charge on any atom is 0.133 e. The Labute approximate surface area is 67.9 Å². The van der Waals surface area contributed by atoms with Gasteiger partial charge in [0, 0.05) is 26.6 Å². The SMILES string of the molecule is COCCCC1CCC(=O)C1. The van der Waals surface area contributed by atoms with Gasteiger partial charge in [-0.15, -0.1) is 0 Å². The average Bonchev–Trinajstić information content (AvgIpc) is 2.37. The molecule has 1 unspecified atom stereocenters. The van der Waals surface area contributed by atoms with Gasteiger partial charge in [0.25, 0.3) is 0 Å². The Morgan fingerprint density at radius 3 is 3.00 bits per heavy atom. The fourth-order valence-corrected chi connectivity index (χ4v) is 1.65. The molecule has 0 aromatic carbocycles. The molecular weight excluding hydrogens is 140 g/mol. The Hall–Kier alpha value is -0.370. The highest BCUT2D eigenvalue weighted by Gasteiger charge is 2.20. The Bertz CT molecular complexity index is 132. The van der Waals surface area contributed by atoms with Crippen molar-refractivity contribution in [3.63, 3.8) is 0 Å². The van der Waals surface area contributed by atoms with Crippen LogP contribution in [0.1, 0.15) is 32.1 Å². The molecule has 1 fully saturated rings. The summed E-state index contributed by atoms with van der Waals surface area (Å²) in [7, 11) is 1.72. The van der Waals surface area contributed by atoms with E-state index in [1.807, 2.05) is 0 Å². The minimum absolute atomic E-state index is 0.451. The summed E-state index contributed by atoms with van der Waals surface area (Å²) in [6.07, 6.45) is 5.03. The average molecular weight is 156 g/mol. The number of hydrogen-bond donors (Lipinski definition) is 0. The fraction of sp³-hybridized carbons (Fsp3) is 0.889. The summed E-state index contributed by atoms with van der Waals surface area (Å²) in [5.74, 6) is 1.12. The van der Waals surface area contributed by atoms with Crippen LogP contribution in [0.15, 0.2) is 0 Å². The molecule has 2 nitrogen and oxygen atoms in total. The van der Waals surface area contributed by atoms with Crippen molar-refractivity contribution in [2.75, 3.05) is 13.7 Å². The van der Waals surface area contributed by atoms with Crippen molar-refractivity contribution in [2.45, 2.75) is 32.1 Å². The normalized spacial score (nSPS) is 24.5. The van der Waals surface area contributed by atoms with Crippen molar-refractivity contribution < 1.29 is 9.53 Å². The lowest BCUT2D eigenvalue weighted by molar-refractivity contribution is -0.117. The molecule has 0 amide bonds. The van der Waals surface area contributed by atoms with Gasteiger partial charge in [-0.05, 0) is 25.2 Å². The second-order valence-corrected chi connectivity index (χ2v) is 3.28. The molecule has 0 spiro atoms. The third-order valence-electron chi connectivity index (χ3n) is 2.31. The highest BCUT2D eigenvalue weighted by atomic mass is 16.5. The molecule has 1 atom stereocenters. The smallest absolute Gasteiger partial charge is 0.133 e. The van der Waals surface area contributed by atoms with Gasteiger partial charge in [-0.2, -0.15) is 0 Å². The van der Waals surface area contributed by atoms with E-state index in [4.69, 9.17) is 4.74 Å². The minimum Gasteiger partial charge on any atom is -0.385 e. The predicted octanol–water partition coefficient (Wildman–Crippen LogP) is 1.78. The van der Waals surface area contributed by atoms with E-state index in [0.29, 0.717) is 11.7 Å². The monoisotopic (exact) mass is 156 g/mol. The number of carbonyl (C=O) groups excluding carboxylic acids is 1. The molecule has 0 aromatic rings. The van der Waals surface area contributed by atoms with E-state index in [1.165, 1.54) is 6.42 Å². The van der Waals surface area contributed by atoms with Gasteiger partial charge in [-0.1, -0.05) is 0 Å². The zero-order chi connectivity index (χ0) is 8.10. The Kier molecular flexibility index (Phi) is 3.57. The first kappa shape index (κ1) is 8.72. The predicted molar refractivity (Wildman–Crippen MR) is 43.5 cm³/mol. The summed E-state index contributed by atoms with van der Waals surface area (Å²) >= 11 is 0. The van der Waals surface area contributed by atoms with Gasteiger partial charge in [0.1, 0.15) is 5.78 Å². The Morgan fingerprint density at radius 2 is 2.45 bits per heavy atom. The standard InChI is InChI=1S/C9H16O2/c1-11-6-2-3-8-4-5-9(10)7-8/h8H,2-7H2,1H3.